The zero-order chi connectivity index (χ0) is 19.0. The molecule has 5 nitrogen and oxygen atoms in total. The molecule has 1 aromatic carbocycles. The lowest BCUT2D eigenvalue weighted by Gasteiger charge is -2.32. The van der Waals surface area contributed by atoms with Crippen molar-refractivity contribution in [1.82, 2.24) is 14.9 Å². The maximum Gasteiger partial charge on any atom is 0.257 e. The van der Waals surface area contributed by atoms with Crippen LogP contribution >= 0.6 is 0 Å². The van der Waals surface area contributed by atoms with E-state index in [1.807, 2.05) is 30.9 Å². The van der Waals surface area contributed by atoms with Crippen molar-refractivity contribution in [1.29, 1.82) is 0 Å². The first kappa shape index (κ1) is 18.0. The summed E-state index contributed by atoms with van der Waals surface area (Å²) < 4.78 is 0. The Morgan fingerprint density at radius 2 is 1.59 bits per heavy atom. The van der Waals surface area contributed by atoms with Gasteiger partial charge in [-0.3, -0.25) is 4.79 Å². The number of hydrogen-bond acceptors (Lipinski definition) is 4. The molecule has 0 bridgehead atoms. The highest BCUT2D eigenvalue weighted by Gasteiger charge is 2.28. The lowest BCUT2D eigenvalue weighted by Crippen LogP contribution is -2.38. The highest BCUT2D eigenvalue weighted by Crippen LogP contribution is 2.31. The first-order valence-corrected chi connectivity index (χ1v) is 9.97. The number of nitrogens with zero attached hydrogens (tertiary/aromatic N) is 3. The molecule has 4 rings (SSSR count). The van der Waals surface area contributed by atoms with Crippen molar-refractivity contribution in [2.75, 3.05) is 13.1 Å². The number of piperidine rings is 1. The van der Waals surface area contributed by atoms with Gasteiger partial charge in [-0.05, 0) is 81.7 Å². The van der Waals surface area contributed by atoms with Gasteiger partial charge in [0, 0.05) is 30.4 Å². The average molecular weight is 365 g/mol. The van der Waals surface area contributed by atoms with Gasteiger partial charge in [0.05, 0.1) is 5.56 Å². The maximum absolute atomic E-state index is 13.0. The summed E-state index contributed by atoms with van der Waals surface area (Å²) in [5.41, 5.74) is 4.86. The zero-order valence-corrected chi connectivity index (χ0v) is 16.2. The maximum atomic E-state index is 13.0. The van der Waals surface area contributed by atoms with Crippen LogP contribution in [0, 0.1) is 13.8 Å². The Hall–Kier alpha value is -2.43. The number of phenolic OH excluding ortho intramolecular Hbond substituents is 1. The van der Waals surface area contributed by atoms with Gasteiger partial charge in [0.15, 0.2) is 0 Å². The van der Waals surface area contributed by atoms with Gasteiger partial charge in [0.2, 0.25) is 0 Å². The predicted molar refractivity (Wildman–Crippen MR) is 104 cm³/mol. The van der Waals surface area contributed by atoms with E-state index in [4.69, 9.17) is 0 Å². The van der Waals surface area contributed by atoms with Gasteiger partial charge in [0.25, 0.3) is 5.91 Å². The fourth-order valence-electron chi connectivity index (χ4n) is 4.39. The highest BCUT2D eigenvalue weighted by molar-refractivity contribution is 5.97. The molecule has 27 heavy (non-hydrogen) atoms. The van der Waals surface area contributed by atoms with E-state index in [1.165, 1.54) is 11.1 Å². The van der Waals surface area contributed by atoms with Gasteiger partial charge in [-0.15, -0.1) is 0 Å². The Labute approximate surface area is 160 Å². The molecule has 1 fully saturated rings. The smallest absolute Gasteiger partial charge is 0.257 e. The normalized spacial score (nSPS) is 17.6. The molecule has 1 amide bonds. The molecular weight excluding hydrogens is 338 g/mol. The fourth-order valence-corrected chi connectivity index (χ4v) is 4.39. The van der Waals surface area contributed by atoms with E-state index in [2.05, 4.69) is 9.97 Å². The van der Waals surface area contributed by atoms with Gasteiger partial charge < -0.3 is 10.0 Å². The second kappa shape index (κ2) is 7.29. The summed E-state index contributed by atoms with van der Waals surface area (Å²) in [5.74, 6) is 1.27. The van der Waals surface area contributed by atoms with Crippen LogP contribution in [-0.2, 0) is 12.8 Å². The Kier molecular flexibility index (Phi) is 4.85. The van der Waals surface area contributed by atoms with Crippen molar-refractivity contribution in [2.45, 2.75) is 58.3 Å². The van der Waals surface area contributed by atoms with Crippen molar-refractivity contribution >= 4 is 5.91 Å². The first-order valence-electron chi connectivity index (χ1n) is 9.97. The van der Waals surface area contributed by atoms with Crippen LogP contribution in [0.2, 0.25) is 0 Å². The van der Waals surface area contributed by atoms with Crippen LogP contribution < -0.4 is 0 Å². The van der Waals surface area contributed by atoms with Crippen LogP contribution in [-0.4, -0.2) is 39.0 Å². The van der Waals surface area contributed by atoms with Crippen LogP contribution in [0.1, 0.15) is 70.3 Å². The summed E-state index contributed by atoms with van der Waals surface area (Å²) in [5, 5.41) is 10.4. The Balaban J connectivity index is 1.47. The van der Waals surface area contributed by atoms with Crippen LogP contribution in [0.5, 0.6) is 5.75 Å². The van der Waals surface area contributed by atoms with Crippen molar-refractivity contribution in [3.05, 3.63) is 52.1 Å². The highest BCUT2D eigenvalue weighted by atomic mass is 16.3. The van der Waals surface area contributed by atoms with Crippen LogP contribution in [0.4, 0.5) is 0 Å². The van der Waals surface area contributed by atoms with E-state index < -0.39 is 0 Å². The molecule has 0 unspecified atom stereocenters. The van der Waals surface area contributed by atoms with Crippen molar-refractivity contribution in [2.24, 2.45) is 0 Å². The molecular formula is C22H27N3O2. The zero-order valence-electron chi connectivity index (χ0n) is 16.2. The number of aromatic nitrogens is 2. The van der Waals surface area contributed by atoms with Crippen molar-refractivity contribution < 1.29 is 9.90 Å². The molecule has 0 saturated carbocycles. The quantitative estimate of drug-likeness (QED) is 0.881. The minimum Gasteiger partial charge on any atom is -0.507 e. The molecule has 2 heterocycles. The standard InChI is InChI=1S/C22H27N3O2/c1-14-11-15(2)24-21(23-14)16-7-9-25(10-8-16)22(27)19-12-17-5-3-4-6-18(17)13-20(19)26/h11-13,16,26H,3-10H2,1-2H3. The molecule has 1 aliphatic heterocycles. The monoisotopic (exact) mass is 365 g/mol. The Bertz CT molecular complexity index is 850. The molecule has 1 aliphatic carbocycles. The molecule has 1 N–H and O–H groups in total. The number of aromatic hydroxyl groups is 1. The van der Waals surface area contributed by atoms with E-state index in [-0.39, 0.29) is 11.7 Å². The van der Waals surface area contributed by atoms with E-state index in [0.717, 1.165) is 55.7 Å². The van der Waals surface area contributed by atoms with E-state index in [1.54, 1.807) is 6.07 Å². The summed E-state index contributed by atoms with van der Waals surface area (Å²) in [6.45, 7) is 5.35. The topological polar surface area (TPSA) is 66.3 Å². The van der Waals surface area contributed by atoms with Gasteiger partial charge >= 0.3 is 0 Å². The van der Waals surface area contributed by atoms with Gasteiger partial charge in [-0.25, -0.2) is 9.97 Å². The Morgan fingerprint density at radius 3 is 2.22 bits per heavy atom. The molecule has 0 spiro atoms. The summed E-state index contributed by atoms with van der Waals surface area (Å²) >= 11 is 0. The molecule has 1 saturated heterocycles. The van der Waals surface area contributed by atoms with E-state index in [9.17, 15) is 9.90 Å². The molecule has 5 heteroatoms. The molecule has 2 aromatic rings. The van der Waals surface area contributed by atoms with Gasteiger partial charge in [0.1, 0.15) is 11.6 Å². The summed E-state index contributed by atoms with van der Waals surface area (Å²) in [6.07, 6.45) is 6.04. The number of rotatable bonds is 2. The molecule has 0 atom stereocenters. The molecule has 1 aromatic heterocycles. The summed E-state index contributed by atoms with van der Waals surface area (Å²) in [4.78, 5) is 24.0. The molecule has 2 aliphatic rings. The third-order valence-electron chi connectivity index (χ3n) is 5.84. The third kappa shape index (κ3) is 3.68. The second-order valence-corrected chi connectivity index (χ2v) is 7.92. The van der Waals surface area contributed by atoms with Gasteiger partial charge in [-0.1, -0.05) is 0 Å². The van der Waals surface area contributed by atoms with Crippen molar-refractivity contribution in [3.63, 3.8) is 0 Å². The van der Waals surface area contributed by atoms with Crippen LogP contribution in [0.25, 0.3) is 0 Å². The molecule has 142 valence electrons. The lowest BCUT2D eigenvalue weighted by molar-refractivity contribution is 0.0707. The number of carbonyl (C=O) groups excluding carboxylic acids is 1. The van der Waals surface area contributed by atoms with Crippen LogP contribution in [0.3, 0.4) is 0 Å². The number of benzene rings is 1. The summed E-state index contributed by atoms with van der Waals surface area (Å²) in [7, 11) is 0. The number of amides is 1. The minimum atomic E-state index is -0.0549. The molecule has 0 radical (unpaired) electrons. The second-order valence-electron chi connectivity index (χ2n) is 7.92. The number of hydrogen-bond donors (Lipinski definition) is 1. The number of phenols is 1. The number of aryl methyl sites for hydroxylation is 4. The Morgan fingerprint density at radius 1 is 1.00 bits per heavy atom. The lowest BCUT2D eigenvalue weighted by atomic mass is 9.89. The van der Waals surface area contributed by atoms with E-state index in [0.29, 0.717) is 24.6 Å². The number of carbonyl (C=O) groups is 1. The third-order valence-corrected chi connectivity index (χ3v) is 5.84. The van der Waals surface area contributed by atoms with Crippen molar-refractivity contribution in [3.8, 4) is 5.75 Å². The summed E-state index contributed by atoms with van der Waals surface area (Å²) in [6, 6.07) is 5.71. The van der Waals surface area contributed by atoms with Crippen LogP contribution in [0.15, 0.2) is 18.2 Å². The SMILES string of the molecule is Cc1cc(C)nc(C2CCN(C(=O)c3cc4c(cc3O)CCCC4)CC2)n1. The minimum absolute atomic E-state index is 0.0549. The number of likely N-dealkylation sites (tertiary alicyclic amines) is 1. The first-order chi connectivity index (χ1) is 13.0. The largest absolute Gasteiger partial charge is 0.507 e. The fraction of sp³-hybridized carbons (Fsp3) is 0.500. The average Bonchev–Trinajstić information content (AvgIpc) is 2.66. The van der Waals surface area contributed by atoms with E-state index >= 15 is 0 Å². The number of fused-ring (bicyclic) bond motifs is 1. The van der Waals surface area contributed by atoms with Gasteiger partial charge in [-0.2, -0.15) is 0 Å². The predicted octanol–water partition coefficient (Wildman–Crippen LogP) is 3.70.